The van der Waals surface area contributed by atoms with E-state index in [1.54, 1.807) is 18.2 Å². The summed E-state index contributed by atoms with van der Waals surface area (Å²) >= 11 is 0. The largest absolute Gasteiger partial charge is 0.378 e. The van der Waals surface area contributed by atoms with Crippen LogP contribution >= 0.6 is 0 Å². The predicted molar refractivity (Wildman–Crippen MR) is 117 cm³/mol. The molecule has 0 amide bonds. The maximum atomic E-state index is 12.8. The van der Waals surface area contributed by atoms with Crippen molar-refractivity contribution in [3.05, 3.63) is 66.2 Å². The fourth-order valence-electron chi connectivity index (χ4n) is 2.97. The number of sulfonamides is 1. The Hall–Kier alpha value is -3.06. The second kappa shape index (κ2) is 7.90. The van der Waals surface area contributed by atoms with Gasteiger partial charge in [0.05, 0.1) is 11.1 Å². The molecular formula is C21H24N4O2S. The van der Waals surface area contributed by atoms with Crippen LogP contribution < -0.4 is 14.6 Å². The molecule has 6 nitrogen and oxygen atoms in total. The Morgan fingerprint density at radius 2 is 1.46 bits per heavy atom. The third kappa shape index (κ3) is 4.09. The van der Waals surface area contributed by atoms with Crippen LogP contribution in [0, 0.1) is 0 Å². The molecule has 0 aromatic heterocycles. The maximum absolute atomic E-state index is 12.8. The van der Waals surface area contributed by atoms with Crippen molar-refractivity contribution in [2.45, 2.75) is 4.90 Å². The number of rotatable bonds is 6. The van der Waals surface area contributed by atoms with Crippen LogP contribution in [-0.4, -0.2) is 42.8 Å². The average molecular weight is 397 g/mol. The number of hydrazone groups is 1. The van der Waals surface area contributed by atoms with Gasteiger partial charge < -0.3 is 9.80 Å². The first kappa shape index (κ1) is 19.7. The van der Waals surface area contributed by atoms with E-state index in [1.807, 2.05) is 80.5 Å². The summed E-state index contributed by atoms with van der Waals surface area (Å²) in [6.45, 7) is 0. The van der Waals surface area contributed by atoms with Crippen molar-refractivity contribution >= 4 is 38.4 Å². The van der Waals surface area contributed by atoms with Crippen LogP contribution in [0.5, 0.6) is 0 Å². The fourth-order valence-corrected chi connectivity index (χ4v) is 3.98. The number of fused-ring (bicyclic) bond motifs is 1. The molecule has 3 rings (SSSR count). The fraction of sp³-hybridized carbons (Fsp3) is 0.190. The van der Waals surface area contributed by atoms with E-state index in [1.165, 1.54) is 6.21 Å². The van der Waals surface area contributed by atoms with Gasteiger partial charge in [-0.15, -0.1) is 0 Å². The summed E-state index contributed by atoms with van der Waals surface area (Å²) in [6.07, 6.45) is 1.49. The zero-order valence-corrected chi connectivity index (χ0v) is 17.2. The Kier molecular flexibility index (Phi) is 5.56. The first-order valence-corrected chi connectivity index (χ1v) is 10.3. The van der Waals surface area contributed by atoms with E-state index in [4.69, 9.17) is 0 Å². The number of benzene rings is 3. The van der Waals surface area contributed by atoms with E-state index in [0.717, 1.165) is 22.3 Å². The Morgan fingerprint density at radius 1 is 0.821 bits per heavy atom. The molecule has 7 heteroatoms. The maximum Gasteiger partial charge on any atom is 0.277 e. The van der Waals surface area contributed by atoms with Crippen molar-refractivity contribution in [1.29, 1.82) is 0 Å². The predicted octanol–water partition coefficient (Wildman–Crippen LogP) is 3.28. The molecule has 0 bridgehead atoms. The van der Waals surface area contributed by atoms with Gasteiger partial charge in [-0.25, -0.2) is 4.83 Å². The van der Waals surface area contributed by atoms with E-state index in [9.17, 15) is 8.42 Å². The van der Waals surface area contributed by atoms with Crippen LogP contribution in [0.15, 0.2) is 70.7 Å². The Balaban J connectivity index is 1.88. The van der Waals surface area contributed by atoms with E-state index in [0.29, 0.717) is 5.39 Å². The molecule has 0 fully saturated rings. The third-order valence-corrected chi connectivity index (χ3v) is 5.71. The van der Waals surface area contributed by atoms with Crippen molar-refractivity contribution in [2.24, 2.45) is 5.10 Å². The molecule has 3 aromatic rings. The van der Waals surface area contributed by atoms with Crippen molar-refractivity contribution in [3.8, 4) is 0 Å². The minimum absolute atomic E-state index is 0.203. The smallest absolute Gasteiger partial charge is 0.277 e. The topological polar surface area (TPSA) is 65.0 Å². The number of hydrogen-bond acceptors (Lipinski definition) is 5. The monoisotopic (exact) mass is 396 g/mol. The van der Waals surface area contributed by atoms with Gasteiger partial charge in [-0.3, -0.25) is 0 Å². The molecule has 0 radical (unpaired) electrons. The highest BCUT2D eigenvalue weighted by Crippen LogP contribution is 2.30. The van der Waals surface area contributed by atoms with Gasteiger partial charge in [0.25, 0.3) is 10.0 Å². The SMILES string of the molecule is CN(C)c1ccc(/C=N/NS(=O)(=O)c2cccc3c(N(C)C)cccc23)cc1. The zero-order chi connectivity index (χ0) is 20.3. The number of nitrogens with zero attached hydrogens (tertiary/aromatic N) is 3. The number of nitrogens with one attached hydrogen (secondary N) is 1. The first-order valence-electron chi connectivity index (χ1n) is 8.81. The van der Waals surface area contributed by atoms with E-state index in [2.05, 4.69) is 9.93 Å². The van der Waals surface area contributed by atoms with Gasteiger partial charge >= 0.3 is 0 Å². The van der Waals surface area contributed by atoms with Crippen LogP contribution in [0.3, 0.4) is 0 Å². The minimum atomic E-state index is -3.80. The molecule has 28 heavy (non-hydrogen) atoms. The number of anilines is 2. The van der Waals surface area contributed by atoms with Gasteiger partial charge in [0.15, 0.2) is 0 Å². The van der Waals surface area contributed by atoms with Gasteiger partial charge in [-0.2, -0.15) is 13.5 Å². The molecule has 0 saturated heterocycles. The molecule has 146 valence electrons. The molecule has 0 aliphatic heterocycles. The van der Waals surface area contributed by atoms with Crippen LogP contribution in [0.25, 0.3) is 10.8 Å². The molecule has 1 N–H and O–H groups in total. The molecular weight excluding hydrogens is 372 g/mol. The summed E-state index contributed by atoms with van der Waals surface area (Å²) in [4.78, 5) is 6.47. The Bertz CT molecular complexity index is 1100. The van der Waals surface area contributed by atoms with Gasteiger partial charge in [0.1, 0.15) is 0 Å². The Morgan fingerprint density at radius 3 is 2.11 bits per heavy atom. The molecule has 0 spiro atoms. The summed E-state index contributed by atoms with van der Waals surface area (Å²) < 4.78 is 25.6. The quantitative estimate of drug-likeness (QED) is 0.513. The van der Waals surface area contributed by atoms with Crippen LogP contribution in [0.4, 0.5) is 11.4 Å². The molecule has 3 aromatic carbocycles. The van der Waals surface area contributed by atoms with Crippen LogP contribution in [0.1, 0.15) is 5.56 Å². The van der Waals surface area contributed by atoms with Crippen molar-refractivity contribution in [2.75, 3.05) is 38.0 Å². The summed E-state index contributed by atoms with van der Waals surface area (Å²) in [5.74, 6) is 0. The van der Waals surface area contributed by atoms with Gasteiger partial charge in [0.2, 0.25) is 0 Å². The standard InChI is InChI=1S/C21H24N4O2S/c1-24(2)17-13-11-16(12-14-17)15-22-23-28(26,27)21-10-6-7-18-19(21)8-5-9-20(18)25(3)4/h5-15,23H,1-4H3/b22-15+. The van der Waals surface area contributed by atoms with Crippen LogP contribution in [0.2, 0.25) is 0 Å². The number of hydrogen-bond donors (Lipinski definition) is 1. The summed E-state index contributed by atoms with van der Waals surface area (Å²) in [6, 6.07) is 18.5. The Labute approximate surface area is 166 Å². The summed E-state index contributed by atoms with van der Waals surface area (Å²) in [7, 11) is 3.99. The average Bonchev–Trinajstić information content (AvgIpc) is 2.67. The zero-order valence-electron chi connectivity index (χ0n) is 16.4. The lowest BCUT2D eigenvalue weighted by atomic mass is 10.1. The van der Waals surface area contributed by atoms with Gasteiger partial charge in [-0.1, -0.05) is 36.4 Å². The normalized spacial score (nSPS) is 11.7. The van der Waals surface area contributed by atoms with E-state index in [-0.39, 0.29) is 4.90 Å². The van der Waals surface area contributed by atoms with Crippen molar-refractivity contribution in [3.63, 3.8) is 0 Å². The minimum Gasteiger partial charge on any atom is -0.378 e. The van der Waals surface area contributed by atoms with Crippen molar-refractivity contribution < 1.29 is 8.42 Å². The van der Waals surface area contributed by atoms with Gasteiger partial charge in [-0.05, 0) is 29.8 Å². The second-order valence-corrected chi connectivity index (χ2v) is 8.49. The highest BCUT2D eigenvalue weighted by atomic mass is 32.2. The summed E-state index contributed by atoms with van der Waals surface area (Å²) in [5.41, 5.74) is 2.82. The lowest BCUT2D eigenvalue weighted by Crippen LogP contribution is -2.19. The lowest BCUT2D eigenvalue weighted by molar-refractivity contribution is 0.585. The molecule has 0 atom stereocenters. The van der Waals surface area contributed by atoms with E-state index < -0.39 is 10.0 Å². The molecule has 0 aliphatic carbocycles. The molecule has 0 unspecified atom stereocenters. The van der Waals surface area contributed by atoms with Crippen LogP contribution in [-0.2, 0) is 10.0 Å². The second-order valence-electron chi connectivity index (χ2n) is 6.86. The highest BCUT2D eigenvalue weighted by molar-refractivity contribution is 7.89. The molecule has 0 heterocycles. The van der Waals surface area contributed by atoms with Gasteiger partial charge in [0, 0.05) is 50.3 Å². The molecule has 0 aliphatic rings. The molecule has 0 saturated carbocycles. The van der Waals surface area contributed by atoms with Crippen molar-refractivity contribution in [1.82, 2.24) is 4.83 Å². The van der Waals surface area contributed by atoms with E-state index >= 15 is 0 Å². The first-order chi connectivity index (χ1) is 13.3. The highest BCUT2D eigenvalue weighted by Gasteiger charge is 2.17. The third-order valence-electron chi connectivity index (χ3n) is 4.43. The lowest BCUT2D eigenvalue weighted by Gasteiger charge is -2.16. The summed E-state index contributed by atoms with van der Waals surface area (Å²) in [5, 5.41) is 5.47.